The molecule has 0 bridgehead atoms. The van der Waals surface area contributed by atoms with Crippen LogP contribution in [0.5, 0.6) is 0 Å². The third-order valence-corrected chi connectivity index (χ3v) is 3.36. The highest BCUT2D eigenvalue weighted by Gasteiger charge is 2.15. The lowest BCUT2D eigenvalue weighted by molar-refractivity contribution is 0.239. The van der Waals surface area contributed by atoms with Gasteiger partial charge in [0.05, 0.1) is 6.61 Å². The van der Waals surface area contributed by atoms with E-state index < -0.39 is 0 Å². The maximum absolute atomic E-state index is 9.38. The molecular formula is C14H22N2O. The van der Waals surface area contributed by atoms with Gasteiger partial charge in [-0.05, 0) is 31.4 Å². The van der Waals surface area contributed by atoms with Gasteiger partial charge in [-0.3, -0.25) is 0 Å². The summed E-state index contributed by atoms with van der Waals surface area (Å²) in [4.78, 5) is 0. The second-order valence-corrected chi connectivity index (χ2v) is 4.77. The van der Waals surface area contributed by atoms with Crippen molar-refractivity contribution in [1.29, 1.82) is 0 Å². The Balaban J connectivity index is 1.76. The van der Waals surface area contributed by atoms with Crippen molar-refractivity contribution in [3.63, 3.8) is 0 Å². The monoisotopic (exact) mass is 234 g/mol. The molecule has 1 saturated heterocycles. The Morgan fingerprint density at radius 3 is 2.82 bits per heavy atom. The average molecular weight is 234 g/mol. The van der Waals surface area contributed by atoms with Crippen molar-refractivity contribution in [3.8, 4) is 0 Å². The molecule has 1 heterocycles. The van der Waals surface area contributed by atoms with Gasteiger partial charge in [0, 0.05) is 18.6 Å². The van der Waals surface area contributed by atoms with Gasteiger partial charge in [0.15, 0.2) is 0 Å². The number of benzene rings is 1. The highest BCUT2D eigenvalue weighted by atomic mass is 16.3. The minimum Gasteiger partial charge on any atom is -0.395 e. The van der Waals surface area contributed by atoms with Crippen LogP contribution >= 0.6 is 0 Å². The van der Waals surface area contributed by atoms with Crippen molar-refractivity contribution in [1.82, 2.24) is 10.6 Å². The zero-order chi connectivity index (χ0) is 11.9. The summed E-state index contributed by atoms with van der Waals surface area (Å²) in [5.74, 6) is 0. The number of hydrogen-bond donors (Lipinski definition) is 3. The molecule has 17 heavy (non-hydrogen) atoms. The third-order valence-electron chi connectivity index (χ3n) is 3.36. The molecule has 0 spiro atoms. The largest absolute Gasteiger partial charge is 0.395 e. The number of hydrogen-bond acceptors (Lipinski definition) is 3. The summed E-state index contributed by atoms with van der Waals surface area (Å²) < 4.78 is 0. The molecule has 94 valence electrons. The normalized spacial score (nSPS) is 21.6. The van der Waals surface area contributed by atoms with Crippen molar-refractivity contribution < 1.29 is 5.11 Å². The molecule has 0 radical (unpaired) electrons. The molecule has 1 unspecified atom stereocenters. The van der Waals surface area contributed by atoms with Gasteiger partial charge < -0.3 is 15.7 Å². The molecule has 1 fully saturated rings. The average Bonchev–Trinajstić information content (AvgIpc) is 2.89. The molecule has 0 saturated carbocycles. The Morgan fingerprint density at radius 2 is 2.18 bits per heavy atom. The second kappa shape index (κ2) is 6.74. The van der Waals surface area contributed by atoms with Crippen molar-refractivity contribution in [2.45, 2.75) is 31.3 Å². The summed E-state index contributed by atoms with van der Waals surface area (Å²) in [5.41, 5.74) is 1.28. The Labute approximate surface area is 103 Å². The molecule has 0 aliphatic carbocycles. The summed E-state index contributed by atoms with van der Waals surface area (Å²) in [5, 5.41) is 16.3. The fourth-order valence-electron chi connectivity index (χ4n) is 2.34. The molecule has 1 aromatic rings. The molecule has 0 amide bonds. The highest BCUT2D eigenvalue weighted by Crippen LogP contribution is 2.06. The fraction of sp³-hybridized carbons (Fsp3) is 0.571. The van der Waals surface area contributed by atoms with Gasteiger partial charge in [0.1, 0.15) is 0 Å². The zero-order valence-corrected chi connectivity index (χ0v) is 10.2. The van der Waals surface area contributed by atoms with Crippen LogP contribution in [0.15, 0.2) is 30.3 Å². The first kappa shape index (κ1) is 12.6. The topological polar surface area (TPSA) is 44.3 Å². The molecule has 1 aromatic carbocycles. The van der Waals surface area contributed by atoms with Gasteiger partial charge >= 0.3 is 0 Å². The lowest BCUT2D eigenvalue weighted by Crippen LogP contribution is -2.42. The van der Waals surface area contributed by atoms with Crippen LogP contribution in [0.4, 0.5) is 0 Å². The van der Waals surface area contributed by atoms with Crippen molar-refractivity contribution in [3.05, 3.63) is 35.9 Å². The first-order valence-corrected chi connectivity index (χ1v) is 6.50. The summed E-state index contributed by atoms with van der Waals surface area (Å²) in [6, 6.07) is 11.1. The lowest BCUT2D eigenvalue weighted by atomic mass is 10.1. The van der Waals surface area contributed by atoms with E-state index in [1.54, 1.807) is 0 Å². The molecule has 3 nitrogen and oxygen atoms in total. The van der Waals surface area contributed by atoms with Crippen LogP contribution in [0, 0.1) is 0 Å². The van der Waals surface area contributed by atoms with Gasteiger partial charge in [-0.25, -0.2) is 0 Å². The molecular weight excluding hydrogens is 212 g/mol. The molecule has 0 aromatic heterocycles. The molecule has 3 N–H and O–H groups in total. The Morgan fingerprint density at radius 1 is 1.35 bits per heavy atom. The molecule has 2 rings (SSSR count). The van der Waals surface area contributed by atoms with Gasteiger partial charge in [0.25, 0.3) is 0 Å². The van der Waals surface area contributed by atoms with E-state index in [2.05, 4.69) is 22.8 Å². The molecule has 1 aliphatic heterocycles. The van der Waals surface area contributed by atoms with Crippen LogP contribution < -0.4 is 10.6 Å². The highest BCUT2D eigenvalue weighted by molar-refractivity contribution is 5.15. The predicted molar refractivity (Wildman–Crippen MR) is 70.0 cm³/mol. The van der Waals surface area contributed by atoms with E-state index in [0.29, 0.717) is 6.04 Å². The molecule has 3 heteroatoms. The minimum absolute atomic E-state index is 0.166. The van der Waals surface area contributed by atoms with Gasteiger partial charge in [0.2, 0.25) is 0 Å². The van der Waals surface area contributed by atoms with Crippen LogP contribution in [0.2, 0.25) is 0 Å². The number of nitrogens with one attached hydrogen (secondary N) is 2. The summed E-state index contributed by atoms with van der Waals surface area (Å²) in [7, 11) is 0. The summed E-state index contributed by atoms with van der Waals surface area (Å²) >= 11 is 0. The first-order valence-electron chi connectivity index (χ1n) is 6.50. The van der Waals surface area contributed by atoms with Gasteiger partial charge in [-0.15, -0.1) is 0 Å². The number of aliphatic hydroxyl groups excluding tert-OH is 1. The Hall–Kier alpha value is -0.900. The van der Waals surface area contributed by atoms with E-state index >= 15 is 0 Å². The maximum atomic E-state index is 9.38. The summed E-state index contributed by atoms with van der Waals surface area (Å²) in [6.45, 7) is 2.29. The van der Waals surface area contributed by atoms with Crippen molar-refractivity contribution in [2.75, 3.05) is 19.7 Å². The van der Waals surface area contributed by atoms with Crippen LogP contribution in [0.1, 0.15) is 18.4 Å². The van der Waals surface area contributed by atoms with E-state index in [0.717, 1.165) is 19.5 Å². The number of rotatable bonds is 6. The Kier molecular flexibility index (Phi) is 4.98. The van der Waals surface area contributed by atoms with Gasteiger partial charge in [-0.1, -0.05) is 30.3 Å². The van der Waals surface area contributed by atoms with E-state index in [4.69, 9.17) is 0 Å². The Bertz CT molecular complexity index is 309. The fourth-order valence-corrected chi connectivity index (χ4v) is 2.34. The zero-order valence-electron chi connectivity index (χ0n) is 10.2. The quantitative estimate of drug-likeness (QED) is 0.686. The lowest BCUT2D eigenvalue weighted by Gasteiger charge is -2.19. The van der Waals surface area contributed by atoms with E-state index in [1.807, 2.05) is 18.2 Å². The SMILES string of the molecule is OC[C@H](Cc1ccccc1)NCC1CCCN1. The van der Waals surface area contributed by atoms with E-state index in [-0.39, 0.29) is 12.6 Å². The first-order chi connectivity index (χ1) is 8.38. The standard InChI is InChI=1S/C14H22N2O/c17-11-14(9-12-5-2-1-3-6-12)16-10-13-7-4-8-15-13/h1-3,5-6,13-17H,4,7-11H2/t13?,14-/m0/s1. The van der Waals surface area contributed by atoms with Crippen LogP contribution in [0.25, 0.3) is 0 Å². The second-order valence-electron chi connectivity index (χ2n) is 4.77. The van der Waals surface area contributed by atoms with E-state index in [9.17, 15) is 5.11 Å². The summed E-state index contributed by atoms with van der Waals surface area (Å²) in [6.07, 6.45) is 3.41. The minimum atomic E-state index is 0.166. The van der Waals surface area contributed by atoms with Crippen LogP contribution in [-0.4, -0.2) is 36.9 Å². The van der Waals surface area contributed by atoms with Crippen LogP contribution in [0.3, 0.4) is 0 Å². The smallest absolute Gasteiger partial charge is 0.0587 e. The number of aliphatic hydroxyl groups is 1. The van der Waals surface area contributed by atoms with Gasteiger partial charge in [-0.2, -0.15) is 0 Å². The molecule has 2 atom stereocenters. The molecule has 1 aliphatic rings. The van der Waals surface area contributed by atoms with Crippen molar-refractivity contribution in [2.24, 2.45) is 0 Å². The maximum Gasteiger partial charge on any atom is 0.0587 e. The predicted octanol–water partition coefficient (Wildman–Crippen LogP) is 0.932. The van der Waals surface area contributed by atoms with Crippen LogP contribution in [-0.2, 0) is 6.42 Å². The van der Waals surface area contributed by atoms with E-state index in [1.165, 1.54) is 18.4 Å². The van der Waals surface area contributed by atoms with Crippen molar-refractivity contribution >= 4 is 0 Å². The third kappa shape index (κ3) is 4.11.